The molecule has 1 heterocycles. The molecule has 5 nitrogen and oxygen atoms in total. The minimum absolute atomic E-state index is 0.0749. The lowest BCUT2D eigenvalue weighted by Gasteiger charge is -2.25. The van der Waals surface area contributed by atoms with Gasteiger partial charge in [-0.1, -0.05) is 6.07 Å². The SMILES string of the molecule is CC(C)(C)ON(C=O)c1ccc(CO)cn1. The van der Waals surface area contributed by atoms with E-state index in [1.54, 1.807) is 12.1 Å². The van der Waals surface area contributed by atoms with Crippen molar-refractivity contribution in [1.82, 2.24) is 4.98 Å². The molecule has 16 heavy (non-hydrogen) atoms. The second-order valence-electron chi connectivity index (χ2n) is 4.32. The molecule has 0 radical (unpaired) electrons. The first-order chi connectivity index (χ1) is 7.46. The fourth-order valence-corrected chi connectivity index (χ4v) is 1.06. The van der Waals surface area contributed by atoms with E-state index < -0.39 is 5.60 Å². The monoisotopic (exact) mass is 224 g/mol. The predicted molar refractivity (Wildman–Crippen MR) is 59.5 cm³/mol. The van der Waals surface area contributed by atoms with Crippen molar-refractivity contribution >= 4 is 12.2 Å². The normalized spacial score (nSPS) is 11.2. The van der Waals surface area contributed by atoms with Gasteiger partial charge in [0.1, 0.15) is 0 Å². The third kappa shape index (κ3) is 3.60. The highest BCUT2D eigenvalue weighted by molar-refractivity contribution is 5.69. The summed E-state index contributed by atoms with van der Waals surface area (Å²) in [6.45, 7) is 5.44. The first kappa shape index (κ1) is 12.6. The van der Waals surface area contributed by atoms with Crippen LogP contribution >= 0.6 is 0 Å². The molecule has 1 aromatic heterocycles. The molecule has 0 aliphatic carbocycles. The molecule has 0 bridgehead atoms. The molecule has 0 spiro atoms. The van der Waals surface area contributed by atoms with Crippen LogP contribution in [0.3, 0.4) is 0 Å². The summed E-state index contributed by atoms with van der Waals surface area (Å²) in [5.74, 6) is 0.391. The van der Waals surface area contributed by atoms with Crippen LogP contribution in [0.2, 0.25) is 0 Å². The van der Waals surface area contributed by atoms with E-state index in [-0.39, 0.29) is 6.61 Å². The molecule has 1 rings (SSSR count). The molecular weight excluding hydrogens is 208 g/mol. The zero-order valence-corrected chi connectivity index (χ0v) is 9.67. The lowest BCUT2D eigenvalue weighted by molar-refractivity contribution is -0.120. The molecule has 0 saturated heterocycles. The Bertz CT molecular complexity index is 343. The van der Waals surface area contributed by atoms with E-state index >= 15 is 0 Å². The van der Waals surface area contributed by atoms with Crippen molar-refractivity contribution in [2.45, 2.75) is 33.0 Å². The fraction of sp³-hybridized carbons (Fsp3) is 0.455. The van der Waals surface area contributed by atoms with E-state index in [2.05, 4.69) is 4.98 Å². The van der Waals surface area contributed by atoms with Gasteiger partial charge in [-0.2, -0.15) is 5.06 Å². The summed E-state index contributed by atoms with van der Waals surface area (Å²) in [6.07, 6.45) is 2.06. The Morgan fingerprint density at radius 1 is 1.50 bits per heavy atom. The van der Waals surface area contributed by atoms with Gasteiger partial charge in [0.2, 0.25) is 6.41 Å². The number of nitrogens with zero attached hydrogens (tertiary/aromatic N) is 2. The zero-order chi connectivity index (χ0) is 12.2. The van der Waals surface area contributed by atoms with Crippen LogP contribution in [0.1, 0.15) is 26.3 Å². The van der Waals surface area contributed by atoms with Crippen molar-refractivity contribution in [2.75, 3.05) is 5.06 Å². The fourth-order valence-electron chi connectivity index (χ4n) is 1.06. The molecule has 88 valence electrons. The van der Waals surface area contributed by atoms with Crippen molar-refractivity contribution in [1.29, 1.82) is 0 Å². The topological polar surface area (TPSA) is 62.7 Å². The van der Waals surface area contributed by atoms with Gasteiger partial charge < -0.3 is 5.11 Å². The van der Waals surface area contributed by atoms with Gasteiger partial charge in [0.05, 0.1) is 12.2 Å². The Morgan fingerprint density at radius 3 is 2.56 bits per heavy atom. The van der Waals surface area contributed by atoms with Crippen molar-refractivity contribution in [3.63, 3.8) is 0 Å². The van der Waals surface area contributed by atoms with E-state index in [1.807, 2.05) is 20.8 Å². The molecule has 5 heteroatoms. The van der Waals surface area contributed by atoms with Gasteiger partial charge in [-0.25, -0.2) is 4.98 Å². The van der Waals surface area contributed by atoms with Crippen LogP contribution in [0.4, 0.5) is 5.82 Å². The highest BCUT2D eigenvalue weighted by atomic mass is 16.7. The number of aliphatic hydroxyl groups is 1. The summed E-state index contributed by atoms with van der Waals surface area (Å²) >= 11 is 0. The van der Waals surface area contributed by atoms with E-state index in [0.717, 1.165) is 5.06 Å². The third-order valence-corrected chi connectivity index (χ3v) is 1.69. The van der Waals surface area contributed by atoms with Crippen LogP contribution in [0.5, 0.6) is 0 Å². The molecule has 0 aliphatic heterocycles. The molecule has 0 unspecified atom stereocenters. The van der Waals surface area contributed by atoms with E-state index in [4.69, 9.17) is 9.94 Å². The Balaban J connectivity index is 2.83. The molecule has 1 N–H and O–H groups in total. The summed E-state index contributed by atoms with van der Waals surface area (Å²) in [5.41, 5.74) is 0.212. The number of hydrogen-bond donors (Lipinski definition) is 1. The lowest BCUT2D eigenvalue weighted by Crippen LogP contribution is -2.33. The quantitative estimate of drug-likeness (QED) is 0.618. The molecule has 0 aliphatic rings. The average Bonchev–Trinajstić information content (AvgIpc) is 2.25. The van der Waals surface area contributed by atoms with E-state index in [0.29, 0.717) is 17.8 Å². The molecule has 1 aromatic rings. The molecule has 0 aromatic carbocycles. The maximum Gasteiger partial charge on any atom is 0.239 e. The number of aromatic nitrogens is 1. The van der Waals surface area contributed by atoms with Crippen LogP contribution in [-0.2, 0) is 16.2 Å². The van der Waals surface area contributed by atoms with E-state index in [1.165, 1.54) is 6.20 Å². The van der Waals surface area contributed by atoms with Crippen molar-refractivity contribution < 1.29 is 14.7 Å². The van der Waals surface area contributed by atoms with Gasteiger partial charge in [-0.3, -0.25) is 9.63 Å². The molecular formula is C11H16N2O3. The van der Waals surface area contributed by atoms with Crippen LogP contribution in [-0.4, -0.2) is 22.1 Å². The first-order valence-electron chi connectivity index (χ1n) is 4.96. The van der Waals surface area contributed by atoms with Gasteiger partial charge in [0.15, 0.2) is 5.82 Å². The number of hydrogen-bond acceptors (Lipinski definition) is 4. The molecule has 0 atom stereocenters. The van der Waals surface area contributed by atoms with E-state index in [9.17, 15) is 4.79 Å². The van der Waals surface area contributed by atoms with Crippen molar-refractivity contribution in [3.8, 4) is 0 Å². The largest absolute Gasteiger partial charge is 0.392 e. The number of amides is 1. The number of carbonyl (C=O) groups excluding carboxylic acids is 1. The highest BCUT2D eigenvalue weighted by Gasteiger charge is 2.18. The molecule has 1 amide bonds. The first-order valence-corrected chi connectivity index (χ1v) is 4.96. The van der Waals surface area contributed by atoms with Gasteiger partial charge in [0.25, 0.3) is 0 Å². The number of anilines is 1. The average molecular weight is 224 g/mol. The summed E-state index contributed by atoms with van der Waals surface area (Å²) in [6, 6.07) is 3.30. The number of aliphatic hydroxyl groups excluding tert-OH is 1. The van der Waals surface area contributed by atoms with Crippen LogP contribution in [0.25, 0.3) is 0 Å². The Hall–Kier alpha value is -1.46. The highest BCUT2D eigenvalue weighted by Crippen LogP contribution is 2.16. The molecule has 0 saturated carbocycles. The minimum Gasteiger partial charge on any atom is -0.392 e. The standard InChI is InChI=1S/C11H16N2O3/c1-11(2,3)16-13(8-15)10-5-4-9(7-14)6-12-10/h4-6,8,14H,7H2,1-3H3. The maximum atomic E-state index is 10.8. The van der Waals surface area contributed by atoms with Gasteiger partial charge >= 0.3 is 0 Å². The van der Waals surface area contributed by atoms with Gasteiger partial charge in [-0.05, 0) is 32.4 Å². The van der Waals surface area contributed by atoms with Crippen LogP contribution in [0.15, 0.2) is 18.3 Å². The number of hydroxylamine groups is 1. The number of pyridine rings is 1. The van der Waals surface area contributed by atoms with Crippen molar-refractivity contribution in [2.24, 2.45) is 0 Å². The predicted octanol–water partition coefficient (Wildman–Crippen LogP) is 1.27. The van der Waals surface area contributed by atoms with Crippen molar-refractivity contribution in [3.05, 3.63) is 23.9 Å². The Labute approximate surface area is 94.6 Å². The summed E-state index contributed by atoms with van der Waals surface area (Å²) < 4.78 is 0. The summed E-state index contributed by atoms with van der Waals surface area (Å²) in [4.78, 5) is 20.3. The summed E-state index contributed by atoms with van der Waals surface area (Å²) in [7, 11) is 0. The lowest BCUT2D eigenvalue weighted by atomic mass is 10.2. The van der Waals surface area contributed by atoms with Crippen LogP contribution in [0, 0.1) is 0 Å². The van der Waals surface area contributed by atoms with Crippen LogP contribution < -0.4 is 5.06 Å². The smallest absolute Gasteiger partial charge is 0.239 e. The Morgan fingerprint density at radius 2 is 2.19 bits per heavy atom. The summed E-state index contributed by atoms with van der Waals surface area (Å²) in [5, 5.41) is 9.93. The maximum absolute atomic E-state index is 10.8. The third-order valence-electron chi connectivity index (χ3n) is 1.69. The number of rotatable bonds is 4. The Kier molecular flexibility index (Phi) is 3.98. The molecule has 0 fully saturated rings. The number of carbonyl (C=O) groups is 1. The second-order valence-corrected chi connectivity index (χ2v) is 4.32. The van der Waals surface area contributed by atoms with Gasteiger partial charge in [-0.15, -0.1) is 0 Å². The minimum atomic E-state index is -0.474. The second kappa shape index (κ2) is 5.05. The zero-order valence-electron chi connectivity index (χ0n) is 9.67. The van der Waals surface area contributed by atoms with Gasteiger partial charge in [0, 0.05) is 6.20 Å².